The first-order chi connectivity index (χ1) is 6.86. The molecule has 1 aromatic rings. The smallest absolute Gasteiger partial charge is 0.0752 e. The van der Waals surface area contributed by atoms with Crippen LogP contribution >= 0.6 is 0 Å². The topological polar surface area (TPSA) is 20.2 Å². The van der Waals surface area contributed by atoms with Crippen LogP contribution in [-0.4, -0.2) is 11.2 Å². The van der Waals surface area contributed by atoms with E-state index in [2.05, 4.69) is 0 Å². The molecule has 0 radical (unpaired) electrons. The Hall–Kier alpha value is -1.08. The van der Waals surface area contributed by atoms with Gasteiger partial charge in [0.15, 0.2) is 0 Å². The Morgan fingerprint density at radius 3 is 2.50 bits per heavy atom. The molecule has 1 aromatic carbocycles. The van der Waals surface area contributed by atoms with E-state index in [1.165, 1.54) is 19.3 Å². The first kappa shape index (κ1) is 9.47. The van der Waals surface area contributed by atoms with E-state index in [0.29, 0.717) is 5.92 Å². The van der Waals surface area contributed by atoms with Crippen molar-refractivity contribution in [3.05, 3.63) is 42.0 Å². The van der Waals surface area contributed by atoms with Crippen LogP contribution in [0.3, 0.4) is 0 Å². The van der Waals surface area contributed by atoms with Crippen LogP contribution in [0.15, 0.2) is 36.4 Å². The molecule has 2 rings (SSSR count). The van der Waals surface area contributed by atoms with Gasteiger partial charge in [0, 0.05) is 0 Å². The lowest BCUT2D eigenvalue weighted by Gasteiger charge is -2.28. The van der Waals surface area contributed by atoms with Crippen LogP contribution in [0.5, 0.6) is 0 Å². The van der Waals surface area contributed by atoms with Crippen molar-refractivity contribution >= 4 is 6.08 Å². The molecule has 1 N–H and O–H groups in total. The van der Waals surface area contributed by atoms with E-state index in [0.717, 1.165) is 5.56 Å². The van der Waals surface area contributed by atoms with Crippen LogP contribution in [-0.2, 0) is 0 Å². The maximum Gasteiger partial charge on any atom is 0.0752 e. The molecule has 0 heterocycles. The summed E-state index contributed by atoms with van der Waals surface area (Å²) in [4.78, 5) is 0. The van der Waals surface area contributed by atoms with Crippen LogP contribution in [0.25, 0.3) is 6.08 Å². The highest BCUT2D eigenvalue weighted by Gasteiger charge is 2.23. The number of aliphatic hydroxyl groups excluding tert-OH is 1. The minimum absolute atomic E-state index is 0.246. The van der Waals surface area contributed by atoms with Gasteiger partial charge in [-0.3, -0.25) is 0 Å². The second-order valence-electron chi connectivity index (χ2n) is 3.95. The van der Waals surface area contributed by atoms with Crippen molar-refractivity contribution in [1.82, 2.24) is 0 Å². The number of hydrogen-bond donors (Lipinski definition) is 1. The third-order valence-electron chi connectivity index (χ3n) is 2.92. The molecular weight excluding hydrogens is 172 g/mol. The first-order valence-electron chi connectivity index (χ1n) is 5.27. The Morgan fingerprint density at radius 2 is 1.93 bits per heavy atom. The average molecular weight is 188 g/mol. The van der Waals surface area contributed by atoms with Crippen LogP contribution in [0.4, 0.5) is 0 Å². The summed E-state index contributed by atoms with van der Waals surface area (Å²) in [7, 11) is 0. The molecule has 1 unspecified atom stereocenters. The van der Waals surface area contributed by atoms with E-state index < -0.39 is 0 Å². The second kappa shape index (κ2) is 4.43. The predicted molar refractivity (Wildman–Crippen MR) is 58.8 cm³/mol. The summed E-state index contributed by atoms with van der Waals surface area (Å²) in [5.74, 6) is 0.509. The molecule has 1 atom stereocenters. The summed E-state index contributed by atoms with van der Waals surface area (Å²) < 4.78 is 0. The molecule has 0 amide bonds. The van der Waals surface area contributed by atoms with Crippen LogP contribution in [0, 0.1) is 5.92 Å². The van der Waals surface area contributed by atoms with Crippen molar-refractivity contribution in [2.24, 2.45) is 5.92 Å². The zero-order valence-electron chi connectivity index (χ0n) is 8.26. The zero-order valence-corrected chi connectivity index (χ0v) is 8.26. The fourth-order valence-electron chi connectivity index (χ4n) is 1.71. The van der Waals surface area contributed by atoms with Gasteiger partial charge in [-0.2, -0.15) is 0 Å². The summed E-state index contributed by atoms with van der Waals surface area (Å²) in [5.41, 5.74) is 1.16. The molecule has 0 spiro atoms. The molecular formula is C13H16O. The Morgan fingerprint density at radius 1 is 1.21 bits per heavy atom. The van der Waals surface area contributed by atoms with E-state index in [1.807, 2.05) is 42.5 Å². The van der Waals surface area contributed by atoms with E-state index in [4.69, 9.17) is 0 Å². The molecule has 0 saturated heterocycles. The Kier molecular flexibility index (Phi) is 3.00. The van der Waals surface area contributed by atoms with Crippen LogP contribution in [0.1, 0.15) is 24.8 Å². The third kappa shape index (κ3) is 2.24. The molecule has 14 heavy (non-hydrogen) atoms. The van der Waals surface area contributed by atoms with Gasteiger partial charge in [-0.1, -0.05) is 48.9 Å². The Balaban J connectivity index is 1.92. The van der Waals surface area contributed by atoms with Crippen molar-refractivity contribution in [2.75, 3.05) is 0 Å². The molecule has 0 aliphatic heterocycles. The molecule has 1 nitrogen and oxygen atoms in total. The van der Waals surface area contributed by atoms with Gasteiger partial charge < -0.3 is 5.11 Å². The molecule has 1 heteroatoms. The number of hydrogen-bond acceptors (Lipinski definition) is 1. The van der Waals surface area contributed by atoms with Crippen LogP contribution < -0.4 is 0 Å². The third-order valence-corrected chi connectivity index (χ3v) is 2.92. The standard InChI is InChI=1S/C13H16O/c14-13(12-7-4-8-12)10-9-11-5-2-1-3-6-11/h1-3,5-6,9-10,12-14H,4,7-8H2/b10-9+. The van der Waals surface area contributed by atoms with Crippen molar-refractivity contribution < 1.29 is 5.11 Å². The van der Waals surface area contributed by atoms with E-state index >= 15 is 0 Å². The molecule has 74 valence electrons. The lowest BCUT2D eigenvalue weighted by Crippen LogP contribution is -2.24. The number of benzene rings is 1. The van der Waals surface area contributed by atoms with Crippen molar-refractivity contribution in [1.29, 1.82) is 0 Å². The highest BCUT2D eigenvalue weighted by molar-refractivity contribution is 5.49. The zero-order chi connectivity index (χ0) is 9.80. The maximum atomic E-state index is 9.74. The van der Waals surface area contributed by atoms with Gasteiger partial charge in [-0.25, -0.2) is 0 Å². The molecule has 0 bridgehead atoms. The number of aliphatic hydroxyl groups is 1. The van der Waals surface area contributed by atoms with E-state index in [-0.39, 0.29) is 6.10 Å². The summed E-state index contributed by atoms with van der Waals surface area (Å²) in [6, 6.07) is 10.1. The predicted octanol–water partition coefficient (Wildman–Crippen LogP) is 2.86. The average Bonchev–Trinajstić information content (AvgIpc) is 2.14. The van der Waals surface area contributed by atoms with Gasteiger partial charge in [0.1, 0.15) is 0 Å². The first-order valence-corrected chi connectivity index (χ1v) is 5.27. The van der Waals surface area contributed by atoms with Gasteiger partial charge in [-0.05, 0) is 24.3 Å². The van der Waals surface area contributed by atoms with Crippen LogP contribution in [0.2, 0.25) is 0 Å². The summed E-state index contributed by atoms with van der Waals surface area (Å²) >= 11 is 0. The highest BCUT2D eigenvalue weighted by Crippen LogP contribution is 2.30. The molecule has 1 saturated carbocycles. The lowest BCUT2D eigenvalue weighted by molar-refractivity contribution is 0.101. The maximum absolute atomic E-state index is 9.74. The van der Waals surface area contributed by atoms with Crippen molar-refractivity contribution in [2.45, 2.75) is 25.4 Å². The minimum Gasteiger partial charge on any atom is -0.389 e. The Labute approximate surface area is 85.1 Å². The van der Waals surface area contributed by atoms with Gasteiger partial charge in [0.05, 0.1) is 6.10 Å². The minimum atomic E-state index is -0.246. The largest absolute Gasteiger partial charge is 0.389 e. The summed E-state index contributed by atoms with van der Waals surface area (Å²) in [6.45, 7) is 0. The molecule has 0 aromatic heterocycles. The van der Waals surface area contributed by atoms with Gasteiger partial charge in [0.2, 0.25) is 0 Å². The molecule has 1 fully saturated rings. The van der Waals surface area contributed by atoms with Crippen molar-refractivity contribution in [3.8, 4) is 0 Å². The van der Waals surface area contributed by atoms with Gasteiger partial charge >= 0.3 is 0 Å². The normalized spacial score (nSPS) is 19.5. The summed E-state index contributed by atoms with van der Waals surface area (Å²) in [5, 5.41) is 9.74. The lowest BCUT2D eigenvalue weighted by atomic mass is 9.81. The second-order valence-corrected chi connectivity index (χ2v) is 3.95. The molecule has 1 aliphatic rings. The fraction of sp³-hybridized carbons (Fsp3) is 0.385. The van der Waals surface area contributed by atoms with E-state index in [1.54, 1.807) is 0 Å². The van der Waals surface area contributed by atoms with Crippen molar-refractivity contribution in [3.63, 3.8) is 0 Å². The van der Waals surface area contributed by atoms with Gasteiger partial charge in [0.25, 0.3) is 0 Å². The SMILES string of the molecule is OC(/C=C/c1ccccc1)C1CCC1. The highest BCUT2D eigenvalue weighted by atomic mass is 16.3. The van der Waals surface area contributed by atoms with Gasteiger partial charge in [-0.15, -0.1) is 0 Å². The quantitative estimate of drug-likeness (QED) is 0.773. The number of rotatable bonds is 3. The fourth-order valence-corrected chi connectivity index (χ4v) is 1.71. The van der Waals surface area contributed by atoms with E-state index in [9.17, 15) is 5.11 Å². The molecule has 1 aliphatic carbocycles. The monoisotopic (exact) mass is 188 g/mol. The summed E-state index contributed by atoms with van der Waals surface area (Å²) in [6.07, 6.45) is 7.31. The Bertz CT molecular complexity index is 298.